The van der Waals surface area contributed by atoms with Gasteiger partial charge in [0.25, 0.3) is 5.91 Å². The largest absolute Gasteiger partial charge is 0.468 e. The molecule has 1 N–H and O–H groups in total. The second kappa shape index (κ2) is 8.30. The number of hydrogen-bond acceptors (Lipinski definition) is 3. The Bertz CT molecular complexity index is 721. The molecule has 0 unspecified atom stereocenters. The summed E-state index contributed by atoms with van der Waals surface area (Å²) in [7, 11) is 0. The highest BCUT2D eigenvalue weighted by molar-refractivity contribution is 5.94. The van der Waals surface area contributed by atoms with Gasteiger partial charge in [0.1, 0.15) is 5.76 Å². The SMILES string of the molecule is CC1CCN([C@@H](CNC(=O)c2ccc(C(C)(C)C)cc2)c2ccco2)CC1. The van der Waals surface area contributed by atoms with E-state index in [2.05, 4.69) is 37.9 Å². The minimum Gasteiger partial charge on any atom is -0.468 e. The number of hydrogen-bond donors (Lipinski definition) is 1. The summed E-state index contributed by atoms with van der Waals surface area (Å²) in [5, 5.41) is 3.11. The lowest BCUT2D eigenvalue weighted by Crippen LogP contribution is -2.41. The Hall–Kier alpha value is -2.07. The molecule has 0 spiro atoms. The minimum absolute atomic E-state index is 0.0302. The van der Waals surface area contributed by atoms with Crippen molar-refractivity contribution >= 4 is 5.91 Å². The van der Waals surface area contributed by atoms with E-state index in [1.165, 1.54) is 18.4 Å². The van der Waals surface area contributed by atoms with Gasteiger partial charge < -0.3 is 9.73 Å². The molecule has 1 saturated heterocycles. The first-order chi connectivity index (χ1) is 12.8. The number of piperidine rings is 1. The molecule has 0 saturated carbocycles. The molecule has 1 aliphatic rings. The van der Waals surface area contributed by atoms with Crippen molar-refractivity contribution in [3.8, 4) is 0 Å². The second-order valence-electron chi connectivity index (χ2n) is 8.79. The molecule has 1 amide bonds. The lowest BCUT2D eigenvalue weighted by Gasteiger charge is -2.35. The molecule has 0 radical (unpaired) electrons. The summed E-state index contributed by atoms with van der Waals surface area (Å²) in [5.41, 5.74) is 2.02. The van der Waals surface area contributed by atoms with E-state index in [-0.39, 0.29) is 17.4 Å². The Labute approximate surface area is 162 Å². The van der Waals surface area contributed by atoms with Gasteiger partial charge in [-0.05, 0) is 67.1 Å². The van der Waals surface area contributed by atoms with Gasteiger partial charge >= 0.3 is 0 Å². The molecule has 146 valence electrons. The Morgan fingerprint density at radius 3 is 2.41 bits per heavy atom. The van der Waals surface area contributed by atoms with Gasteiger partial charge in [0.05, 0.1) is 12.3 Å². The number of nitrogens with one attached hydrogen (secondary N) is 1. The van der Waals surface area contributed by atoms with Crippen molar-refractivity contribution in [2.75, 3.05) is 19.6 Å². The standard InChI is InChI=1S/C23H32N2O2/c1-17-11-13-25(14-12-17)20(21-6-5-15-27-21)16-24-22(26)18-7-9-19(10-8-18)23(2,3)4/h5-10,15,17,20H,11-14,16H2,1-4H3,(H,24,26)/t20-/m0/s1. The lowest BCUT2D eigenvalue weighted by molar-refractivity contribution is 0.0895. The van der Waals surface area contributed by atoms with Crippen LogP contribution in [0.25, 0.3) is 0 Å². The van der Waals surface area contributed by atoms with Crippen molar-refractivity contribution in [2.24, 2.45) is 5.92 Å². The van der Waals surface area contributed by atoms with Gasteiger partial charge in [0.2, 0.25) is 0 Å². The zero-order valence-electron chi connectivity index (χ0n) is 17.0. The summed E-state index contributed by atoms with van der Waals surface area (Å²) in [6, 6.07) is 11.9. The van der Waals surface area contributed by atoms with Crippen LogP contribution in [0.15, 0.2) is 47.1 Å². The average molecular weight is 369 g/mol. The van der Waals surface area contributed by atoms with Gasteiger partial charge in [0, 0.05) is 12.1 Å². The fourth-order valence-electron chi connectivity index (χ4n) is 3.64. The molecule has 1 atom stereocenters. The zero-order valence-corrected chi connectivity index (χ0v) is 17.0. The number of rotatable bonds is 5. The van der Waals surface area contributed by atoms with Crippen molar-refractivity contribution in [3.63, 3.8) is 0 Å². The number of carbonyl (C=O) groups is 1. The summed E-state index contributed by atoms with van der Waals surface area (Å²) in [4.78, 5) is 15.1. The van der Waals surface area contributed by atoms with Crippen molar-refractivity contribution in [1.82, 2.24) is 10.2 Å². The summed E-state index contributed by atoms with van der Waals surface area (Å²) < 4.78 is 5.67. The van der Waals surface area contributed by atoms with Crippen LogP contribution < -0.4 is 5.32 Å². The minimum atomic E-state index is -0.0302. The number of benzene rings is 1. The number of nitrogens with zero attached hydrogens (tertiary/aromatic N) is 1. The first-order valence-corrected chi connectivity index (χ1v) is 10.0. The normalized spacial score (nSPS) is 17.6. The van der Waals surface area contributed by atoms with E-state index in [4.69, 9.17) is 4.42 Å². The molecule has 1 aliphatic heterocycles. The van der Waals surface area contributed by atoms with E-state index < -0.39 is 0 Å². The molecule has 1 fully saturated rings. The molecule has 27 heavy (non-hydrogen) atoms. The van der Waals surface area contributed by atoms with Gasteiger partial charge in [-0.2, -0.15) is 0 Å². The lowest BCUT2D eigenvalue weighted by atomic mass is 9.87. The van der Waals surface area contributed by atoms with E-state index in [0.717, 1.165) is 24.8 Å². The van der Waals surface area contributed by atoms with E-state index in [1.807, 2.05) is 36.4 Å². The number of carbonyl (C=O) groups excluding carboxylic acids is 1. The molecule has 3 rings (SSSR count). The van der Waals surface area contributed by atoms with Crippen LogP contribution in [0, 0.1) is 5.92 Å². The maximum absolute atomic E-state index is 12.7. The average Bonchev–Trinajstić information content (AvgIpc) is 3.17. The third-order valence-electron chi connectivity index (χ3n) is 5.60. The Morgan fingerprint density at radius 1 is 1.19 bits per heavy atom. The van der Waals surface area contributed by atoms with Crippen LogP contribution in [0.5, 0.6) is 0 Å². The number of likely N-dealkylation sites (tertiary alicyclic amines) is 1. The van der Waals surface area contributed by atoms with Crippen LogP contribution in [0.2, 0.25) is 0 Å². The molecule has 2 aromatic rings. The van der Waals surface area contributed by atoms with Crippen molar-refractivity contribution in [1.29, 1.82) is 0 Å². The van der Waals surface area contributed by atoms with E-state index in [1.54, 1.807) is 6.26 Å². The fraction of sp³-hybridized carbons (Fsp3) is 0.522. The maximum atomic E-state index is 12.7. The highest BCUT2D eigenvalue weighted by Gasteiger charge is 2.27. The van der Waals surface area contributed by atoms with Crippen LogP contribution >= 0.6 is 0 Å². The quantitative estimate of drug-likeness (QED) is 0.826. The van der Waals surface area contributed by atoms with Gasteiger partial charge in [-0.15, -0.1) is 0 Å². The smallest absolute Gasteiger partial charge is 0.251 e. The first kappa shape index (κ1) is 19.7. The predicted molar refractivity (Wildman–Crippen MR) is 109 cm³/mol. The van der Waals surface area contributed by atoms with Crippen LogP contribution in [0.3, 0.4) is 0 Å². The van der Waals surface area contributed by atoms with Gasteiger partial charge in [0.15, 0.2) is 0 Å². The molecule has 2 heterocycles. The summed E-state index contributed by atoms with van der Waals surface area (Å²) in [6.07, 6.45) is 4.10. The van der Waals surface area contributed by atoms with Crippen molar-refractivity contribution in [3.05, 3.63) is 59.5 Å². The van der Waals surface area contributed by atoms with Crippen LogP contribution in [-0.4, -0.2) is 30.4 Å². The molecule has 0 bridgehead atoms. The Morgan fingerprint density at radius 2 is 1.85 bits per heavy atom. The Balaban J connectivity index is 1.65. The zero-order chi connectivity index (χ0) is 19.4. The third kappa shape index (κ3) is 5.01. The van der Waals surface area contributed by atoms with Crippen LogP contribution in [0.4, 0.5) is 0 Å². The molecule has 0 aliphatic carbocycles. The monoisotopic (exact) mass is 368 g/mol. The summed E-state index contributed by atoms with van der Waals surface area (Å²) in [6.45, 7) is 11.5. The van der Waals surface area contributed by atoms with Crippen molar-refractivity contribution < 1.29 is 9.21 Å². The molecule has 1 aromatic carbocycles. The highest BCUT2D eigenvalue weighted by Crippen LogP contribution is 2.27. The van der Waals surface area contributed by atoms with Crippen molar-refractivity contribution in [2.45, 2.75) is 52.0 Å². The van der Waals surface area contributed by atoms with E-state index >= 15 is 0 Å². The van der Waals surface area contributed by atoms with Gasteiger partial charge in [-0.3, -0.25) is 9.69 Å². The Kier molecular flexibility index (Phi) is 6.05. The van der Waals surface area contributed by atoms with E-state index in [9.17, 15) is 4.79 Å². The first-order valence-electron chi connectivity index (χ1n) is 10.0. The molecule has 4 nitrogen and oxygen atoms in total. The summed E-state index contributed by atoms with van der Waals surface area (Å²) in [5.74, 6) is 1.67. The van der Waals surface area contributed by atoms with Crippen LogP contribution in [0.1, 0.15) is 68.3 Å². The molecular formula is C23H32N2O2. The van der Waals surface area contributed by atoms with Crippen LogP contribution in [-0.2, 0) is 5.41 Å². The topological polar surface area (TPSA) is 45.5 Å². The molecule has 1 aromatic heterocycles. The number of furan rings is 1. The fourth-order valence-corrected chi connectivity index (χ4v) is 3.64. The number of amides is 1. The predicted octanol–water partition coefficient (Wildman–Crippen LogP) is 4.78. The van der Waals surface area contributed by atoms with Gasteiger partial charge in [-0.25, -0.2) is 0 Å². The second-order valence-corrected chi connectivity index (χ2v) is 8.79. The summed E-state index contributed by atoms with van der Waals surface area (Å²) >= 11 is 0. The molecular weight excluding hydrogens is 336 g/mol. The van der Waals surface area contributed by atoms with E-state index in [0.29, 0.717) is 12.1 Å². The highest BCUT2D eigenvalue weighted by atomic mass is 16.3. The third-order valence-corrected chi connectivity index (χ3v) is 5.60. The molecule has 4 heteroatoms. The maximum Gasteiger partial charge on any atom is 0.251 e. The van der Waals surface area contributed by atoms with Gasteiger partial charge in [-0.1, -0.05) is 39.8 Å².